The van der Waals surface area contributed by atoms with Crippen molar-refractivity contribution < 1.29 is 0 Å². The molecule has 0 aromatic rings. The molecule has 0 aromatic heterocycles. The Labute approximate surface area is 63.7 Å². The van der Waals surface area contributed by atoms with E-state index in [2.05, 4.69) is 14.1 Å². The van der Waals surface area contributed by atoms with Crippen LogP contribution in [0.4, 0.5) is 0 Å². The number of nitrogens with one attached hydrogen (secondary N) is 1. The predicted molar refractivity (Wildman–Crippen MR) is 45.9 cm³/mol. The Balaban J connectivity index is 2.24. The van der Waals surface area contributed by atoms with Crippen LogP contribution in [-0.2, 0) is 0 Å². The number of rotatable bonds is 2. The zero-order valence-electron chi connectivity index (χ0n) is 6.01. The van der Waals surface area contributed by atoms with Gasteiger partial charge in [0.1, 0.15) is 0 Å². The van der Waals surface area contributed by atoms with Crippen molar-refractivity contribution >= 4 is 15.2 Å². The Bertz CT molecular complexity index is 137. The molecule has 3 nitrogen and oxygen atoms in total. The van der Waals surface area contributed by atoms with E-state index in [0.717, 1.165) is 19.5 Å². The predicted octanol–water partition coefficient (Wildman–Crippen LogP) is 0.424. The highest BCUT2D eigenvalue weighted by molar-refractivity contribution is 7.13. The summed E-state index contributed by atoms with van der Waals surface area (Å²) >= 11 is 0. The first-order valence-electron chi connectivity index (χ1n) is 3.51. The molecule has 3 N–H and O–H groups in total. The summed E-state index contributed by atoms with van der Waals surface area (Å²) in [6.45, 7) is 2.20. The molecule has 2 atom stereocenters. The topological polar surface area (TPSA) is 53.1 Å². The summed E-state index contributed by atoms with van der Waals surface area (Å²) in [6.07, 6.45) is 1.95. The maximum atomic E-state index is 7.08. The highest BCUT2D eigenvalue weighted by atomic mass is 31.0. The molecule has 1 fully saturated rings. The first-order valence-corrected chi connectivity index (χ1v) is 4.02. The highest BCUT2D eigenvalue weighted by Gasteiger charge is 2.19. The fraction of sp³-hybridized carbons (Fsp3) is 0.833. The number of hydrogen-bond donors (Lipinski definition) is 2. The van der Waals surface area contributed by atoms with Gasteiger partial charge in [-0.25, -0.2) is 0 Å². The third-order valence-corrected chi connectivity index (χ3v) is 2.29. The molecule has 1 rings (SSSR count). The van der Waals surface area contributed by atoms with Gasteiger partial charge in [0, 0.05) is 19.5 Å². The summed E-state index contributed by atoms with van der Waals surface area (Å²) in [4.78, 5) is 0. The van der Waals surface area contributed by atoms with Gasteiger partial charge in [-0.05, 0) is 12.3 Å². The lowest BCUT2D eigenvalue weighted by Gasteiger charge is -2.07. The van der Waals surface area contributed by atoms with E-state index in [-0.39, 0.29) is 0 Å². The zero-order valence-corrected chi connectivity index (χ0v) is 7.16. The third-order valence-electron chi connectivity index (χ3n) is 1.83. The smallest absolute Gasteiger partial charge is 0.0908 e. The van der Waals surface area contributed by atoms with Crippen molar-refractivity contribution in [3.63, 3.8) is 0 Å². The van der Waals surface area contributed by atoms with Crippen LogP contribution in [0.25, 0.3) is 0 Å². The molecule has 2 unspecified atom stereocenters. The minimum Gasteiger partial charge on any atom is -0.388 e. The Morgan fingerprint density at radius 1 is 1.80 bits per heavy atom. The van der Waals surface area contributed by atoms with Crippen LogP contribution in [0.3, 0.4) is 0 Å². The molecular weight excluding hydrogens is 145 g/mol. The van der Waals surface area contributed by atoms with Gasteiger partial charge in [-0.1, -0.05) is 9.39 Å². The SMILES string of the molecule is N=C(N)CC1CCN(P)C1. The molecule has 0 spiro atoms. The van der Waals surface area contributed by atoms with Crippen LogP contribution in [0, 0.1) is 11.3 Å². The van der Waals surface area contributed by atoms with Crippen molar-refractivity contribution in [1.82, 2.24) is 4.67 Å². The van der Waals surface area contributed by atoms with E-state index >= 15 is 0 Å². The molecule has 0 radical (unpaired) electrons. The van der Waals surface area contributed by atoms with Gasteiger partial charge in [-0.15, -0.1) is 0 Å². The van der Waals surface area contributed by atoms with Gasteiger partial charge in [0.15, 0.2) is 0 Å². The van der Waals surface area contributed by atoms with E-state index in [0.29, 0.717) is 11.8 Å². The summed E-state index contributed by atoms with van der Waals surface area (Å²) in [5.74, 6) is 0.945. The molecular formula is C6H14N3P. The largest absolute Gasteiger partial charge is 0.388 e. The molecule has 0 amide bonds. The Kier molecular flexibility index (Phi) is 2.64. The maximum Gasteiger partial charge on any atom is 0.0908 e. The standard InChI is InChI=1S/C6H14N3P/c7-6(8)3-5-1-2-9(10)4-5/h5H,1-4,10H2,(H3,7,8). The van der Waals surface area contributed by atoms with Crippen LogP contribution >= 0.6 is 9.39 Å². The molecule has 0 aromatic carbocycles. The maximum absolute atomic E-state index is 7.08. The summed E-state index contributed by atoms with van der Waals surface area (Å²) < 4.78 is 2.20. The number of hydrogen-bond acceptors (Lipinski definition) is 2. The lowest BCUT2D eigenvalue weighted by Crippen LogP contribution is -2.16. The molecule has 10 heavy (non-hydrogen) atoms. The van der Waals surface area contributed by atoms with Crippen LogP contribution in [-0.4, -0.2) is 23.6 Å². The van der Waals surface area contributed by atoms with Crippen LogP contribution in [0.5, 0.6) is 0 Å². The Morgan fingerprint density at radius 3 is 2.90 bits per heavy atom. The quantitative estimate of drug-likeness (QED) is 0.348. The van der Waals surface area contributed by atoms with E-state index in [9.17, 15) is 0 Å². The normalized spacial score (nSPS) is 27.1. The average molecular weight is 159 g/mol. The minimum atomic E-state index is 0.324. The molecule has 0 aliphatic carbocycles. The molecule has 1 heterocycles. The van der Waals surface area contributed by atoms with E-state index in [1.807, 2.05) is 0 Å². The molecule has 1 saturated heterocycles. The van der Waals surface area contributed by atoms with Crippen molar-refractivity contribution in [3.05, 3.63) is 0 Å². The second-order valence-corrected chi connectivity index (χ2v) is 3.61. The fourth-order valence-corrected chi connectivity index (χ4v) is 1.79. The lowest BCUT2D eigenvalue weighted by molar-refractivity contribution is 0.532. The third kappa shape index (κ3) is 2.24. The van der Waals surface area contributed by atoms with Crippen LogP contribution in [0.1, 0.15) is 12.8 Å². The van der Waals surface area contributed by atoms with Crippen molar-refractivity contribution in [2.75, 3.05) is 13.1 Å². The van der Waals surface area contributed by atoms with E-state index in [1.54, 1.807) is 0 Å². The first kappa shape index (κ1) is 7.96. The number of nitrogens with zero attached hydrogens (tertiary/aromatic N) is 1. The van der Waals surface area contributed by atoms with Crippen molar-refractivity contribution in [2.45, 2.75) is 12.8 Å². The van der Waals surface area contributed by atoms with Gasteiger partial charge < -0.3 is 5.73 Å². The van der Waals surface area contributed by atoms with E-state index in [1.165, 1.54) is 6.42 Å². The molecule has 1 aliphatic rings. The van der Waals surface area contributed by atoms with Crippen molar-refractivity contribution in [2.24, 2.45) is 11.7 Å². The summed E-state index contributed by atoms with van der Waals surface area (Å²) in [7, 11) is 2.68. The minimum absolute atomic E-state index is 0.324. The Morgan fingerprint density at radius 2 is 2.50 bits per heavy atom. The monoisotopic (exact) mass is 159 g/mol. The number of nitrogens with two attached hydrogens (primary N) is 1. The fourth-order valence-electron chi connectivity index (χ4n) is 1.34. The van der Waals surface area contributed by atoms with Crippen LogP contribution < -0.4 is 5.73 Å². The molecule has 0 saturated carbocycles. The summed E-state index contributed by atoms with van der Waals surface area (Å²) in [5.41, 5.74) is 5.28. The number of amidine groups is 1. The second-order valence-electron chi connectivity index (χ2n) is 2.88. The van der Waals surface area contributed by atoms with Gasteiger partial charge in [0.05, 0.1) is 5.84 Å². The Hall–Kier alpha value is -0.140. The van der Waals surface area contributed by atoms with Gasteiger partial charge >= 0.3 is 0 Å². The lowest BCUT2D eigenvalue weighted by atomic mass is 10.1. The van der Waals surface area contributed by atoms with Crippen LogP contribution in [0.15, 0.2) is 0 Å². The van der Waals surface area contributed by atoms with Crippen molar-refractivity contribution in [3.8, 4) is 0 Å². The first-order chi connectivity index (χ1) is 4.68. The average Bonchev–Trinajstić information content (AvgIpc) is 2.13. The van der Waals surface area contributed by atoms with E-state index in [4.69, 9.17) is 11.1 Å². The second kappa shape index (κ2) is 3.31. The highest BCUT2D eigenvalue weighted by Crippen LogP contribution is 2.21. The molecule has 1 aliphatic heterocycles. The zero-order chi connectivity index (χ0) is 7.56. The summed E-state index contributed by atoms with van der Waals surface area (Å²) in [6, 6.07) is 0. The van der Waals surface area contributed by atoms with E-state index < -0.39 is 0 Å². The van der Waals surface area contributed by atoms with Gasteiger partial charge in [-0.2, -0.15) is 0 Å². The molecule has 0 bridgehead atoms. The summed E-state index contributed by atoms with van der Waals surface area (Å²) in [5, 5.41) is 7.08. The van der Waals surface area contributed by atoms with Gasteiger partial charge in [0.25, 0.3) is 0 Å². The van der Waals surface area contributed by atoms with Gasteiger partial charge in [0.2, 0.25) is 0 Å². The van der Waals surface area contributed by atoms with Crippen LogP contribution in [0.2, 0.25) is 0 Å². The molecule has 4 heteroatoms. The van der Waals surface area contributed by atoms with Gasteiger partial charge in [-0.3, -0.25) is 10.1 Å². The molecule has 58 valence electrons. The van der Waals surface area contributed by atoms with Crippen molar-refractivity contribution in [1.29, 1.82) is 5.41 Å².